The molecule has 0 radical (unpaired) electrons. The molecule has 1 amide bonds. The van der Waals surface area contributed by atoms with Crippen molar-refractivity contribution in [2.45, 2.75) is 13.0 Å². The molecule has 1 heterocycles. The second-order valence-corrected chi connectivity index (χ2v) is 8.80. The highest BCUT2D eigenvalue weighted by molar-refractivity contribution is 7.22. The van der Waals surface area contributed by atoms with Gasteiger partial charge in [0.1, 0.15) is 11.3 Å². The standard InChI is InChI=1S/C28H21FN2OS/c29-24-12-7-13-25-27(24)30-28(33-25)31(19-21-8-3-1-4-9-21)26(32)18-20-14-16-23(17-15-20)22-10-5-2-6-11-22/h1-17H,18-19H2. The third kappa shape index (κ3) is 4.69. The van der Waals surface area contributed by atoms with Gasteiger partial charge in [0.15, 0.2) is 5.13 Å². The fourth-order valence-corrected chi connectivity index (χ4v) is 4.76. The Hall–Kier alpha value is -3.83. The molecule has 0 spiro atoms. The summed E-state index contributed by atoms with van der Waals surface area (Å²) >= 11 is 1.33. The van der Waals surface area contributed by atoms with Crippen LogP contribution < -0.4 is 4.90 Å². The van der Waals surface area contributed by atoms with Crippen molar-refractivity contribution in [3.63, 3.8) is 0 Å². The van der Waals surface area contributed by atoms with E-state index in [1.54, 1.807) is 11.0 Å². The van der Waals surface area contributed by atoms with Gasteiger partial charge in [-0.2, -0.15) is 0 Å². The summed E-state index contributed by atoms with van der Waals surface area (Å²) in [6.45, 7) is 0.378. The Balaban J connectivity index is 1.43. The van der Waals surface area contributed by atoms with Crippen LogP contribution in [-0.2, 0) is 17.8 Å². The summed E-state index contributed by atoms with van der Waals surface area (Å²) in [4.78, 5) is 19.6. The van der Waals surface area contributed by atoms with Gasteiger partial charge < -0.3 is 0 Å². The van der Waals surface area contributed by atoms with Gasteiger partial charge >= 0.3 is 0 Å². The SMILES string of the molecule is O=C(Cc1ccc(-c2ccccc2)cc1)N(Cc1ccccc1)c1nc2c(F)cccc2s1. The quantitative estimate of drug-likeness (QED) is 0.281. The molecule has 162 valence electrons. The van der Waals surface area contributed by atoms with Gasteiger partial charge in [0.05, 0.1) is 17.7 Å². The average Bonchev–Trinajstić information content (AvgIpc) is 3.29. The zero-order valence-corrected chi connectivity index (χ0v) is 18.6. The largest absolute Gasteiger partial charge is 0.283 e. The number of carbonyl (C=O) groups excluding carboxylic acids is 1. The first-order valence-electron chi connectivity index (χ1n) is 10.7. The monoisotopic (exact) mass is 452 g/mol. The van der Waals surface area contributed by atoms with E-state index in [1.807, 2.05) is 78.9 Å². The molecule has 0 aliphatic carbocycles. The van der Waals surface area contributed by atoms with Crippen LogP contribution in [0.2, 0.25) is 0 Å². The number of nitrogens with zero attached hydrogens (tertiary/aromatic N) is 2. The maximum Gasteiger partial charge on any atom is 0.233 e. The molecule has 4 aromatic carbocycles. The lowest BCUT2D eigenvalue weighted by Gasteiger charge is -2.20. The summed E-state index contributed by atoms with van der Waals surface area (Å²) in [7, 11) is 0. The Bertz CT molecular complexity index is 1380. The highest BCUT2D eigenvalue weighted by Crippen LogP contribution is 2.31. The number of hydrogen-bond donors (Lipinski definition) is 0. The molecular weight excluding hydrogens is 431 g/mol. The summed E-state index contributed by atoms with van der Waals surface area (Å²) in [5.74, 6) is -0.454. The molecule has 0 saturated heterocycles. The molecule has 1 aromatic heterocycles. The van der Waals surface area contributed by atoms with Crippen molar-refractivity contribution in [2.75, 3.05) is 4.90 Å². The number of rotatable bonds is 6. The topological polar surface area (TPSA) is 33.2 Å². The molecule has 5 rings (SSSR count). The fourth-order valence-electron chi connectivity index (χ4n) is 3.76. The normalized spacial score (nSPS) is 10.9. The molecule has 3 nitrogen and oxygen atoms in total. The predicted octanol–water partition coefficient (Wildman–Crippen LogP) is 6.88. The average molecular weight is 453 g/mol. The van der Waals surface area contributed by atoms with Crippen molar-refractivity contribution < 1.29 is 9.18 Å². The number of carbonyl (C=O) groups is 1. The van der Waals surface area contributed by atoms with Crippen molar-refractivity contribution in [3.05, 3.63) is 120 Å². The van der Waals surface area contributed by atoms with Gasteiger partial charge in [0.2, 0.25) is 5.91 Å². The molecule has 0 unspecified atom stereocenters. The van der Waals surface area contributed by atoms with E-state index in [-0.39, 0.29) is 18.1 Å². The first-order valence-corrected chi connectivity index (χ1v) is 11.5. The van der Waals surface area contributed by atoms with Crippen LogP contribution in [-0.4, -0.2) is 10.9 Å². The minimum absolute atomic E-state index is 0.0780. The van der Waals surface area contributed by atoms with Gasteiger partial charge in [0.25, 0.3) is 0 Å². The minimum Gasteiger partial charge on any atom is -0.283 e. The first kappa shape index (κ1) is 21.0. The summed E-state index contributed by atoms with van der Waals surface area (Å²) < 4.78 is 15.0. The second-order valence-electron chi connectivity index (χ2n) is 7.79. The number of para-hydroxylation sites is 1. The second kappa shape index (κ2) is 9.35. The smallest absolute Gasteiger partial charge is 0.233 e. The predicted molar refractivity (Wildman–Crippen MR) is 133 cm³/mol. The third-order valence-corrected chi connectivity index (χ3v) is 6.53. The summed E-state index contributed by atoms with van der Waals surface area (Å²) in [6.07, 6.45) is 0.236. The van der Waals surface area contributed by atoms with Crippen LogP contribution in [0.1, 0.15) is 11.1 Å². The van der Waals surface area contributed by atoms with E-state index in [0.29, 0.717) is 17.2 Å². The molecule has 5 heteroatoms. The number of anilines is 1. The Kier molecular flexibility index (Phi) is 5.96. The highest BCUT2D eigenvalue weighted by atomic mass is 32.1. The van der Waals surface area contributed by atoms with Crippen LogP contribution in [0.5, 0.6) is 0 Å². The minimum atomic E-state index is -0.376. The number of aromatic nitrogens is 1. The zero-order chi connectivity index (χ0) is 22.6. The van der Waals surface area contributed by atoms with E-state index in [1.165, 1.54) is 17.4 Å². The Labute approximate surface area is 195 Å². The molecule has 0 saturated carbocycles. The van der Waals surface area contributed by atoms with E-state index < -0.39 is 0 Å². The summed E-state index contributed by atoms with van der Waals surface area (Å²) in [5.41, 5.74) is 4.46. The Morgan fingerprint density at radius 3 is 2.12 bits per heavy atom. The maximum absolute atomic E-state index is 14.3. The summed E-state index contributed by atoms with van der Waals surface area (Å²) in [5, 5.41) is 0.504. The number of fused-ring (bicyclic) bond motifs is 1. The molecule has 33 heavy (non-hydrogen) atoms. The molecule has 0 N–H and O–H groups in total. The third-order valence-electron chi connectivity index (χ3n) is 5.49. The lowest BCUT2D eigenvalue weighted by molar-refractivity contribution is -0.118. The van der Waals surface area contributed by atoms with Crippen LogP contribution >= 0.6 is 11.3 Å². The number of hydrogen-bond acceptors (Lipinski definition) is 3. The summed E-state index contributed by atoms with van der Waals surface area (Å²) in [6, 6.07) is 32.8. The van der Waals surface area contributed by atoms with Crippen LogP contribution in [0.4, 0.5) is 9.52 Å². The Morgan fingerprint density at radius 2 is 1.42 bits per heavy atom. The number of amides is 1. The number of halogens is 1. The first-order chi connectivity index (χ1) is 16.2. The molecule has 0 bridgehead atoms. The lowest BCUT2D eigenvalue weighted by atomic mass is 10.0. The Morgan fingerprint density at radius 1 is 0.758 bits per heavy atom. The van der Waals surface area contributed by atoms with E-state index in [0.717, 1.165) is 27.0 Å². The number of benzene rings is 4. The van der Waals surface area contributed by atoms with Crippen LogP contribution in [0, 0.1) is 5.82 Å². The van der Waals surface area contributed by atoms with Crippen LogP contribution in [0.25, 0.3) is 21.3 Å². The lowest BCUT2D eigenvalue weighted by Crippen LogP contribution is -2.31. The van der Waals surface area contributed by atoms with Crippen molar-refractivity contribution in [2.24, 2.45) is 0 Å². The van der Waals surface area contributed by atoms with Crippen molar-refractivity contribution >= 4 is 32.6 Å². The van der Waals surface area contributed by atoms with Gasteiger partial charge in [-0.15, -0.1) is 0 Å². The molecular formula is C28H21FN2OS. The van der Waals surface area contributed by atoms with E-state index in [9.17, 15) is 9.18 Å². The van der Waals surface area contributed by atoms with E-state index >= 15 is 0 Å². The molecule has 0 aliphatic rings. The molecule has 0 aliphatic heterocycles. The highest BCUT2D eigenvalue weighted by Gasteiger charge is 2.21. The molecule has 0 fully saturated rings. The zero-order valence-electron chi connectivity index (χ0n) is 17.8. The van der Waals surface area contributed by atoms with Gasteiger partial charge in [-0.3, -0.25) is 9.69 Å². The van der Waals surface area contributed by atoms with E-state index in [2.05, 4.69) is 17.1 Å². The van der Waals surface area contributed by atoms with Crippen molar-refractivity contribution in [1.29, 1.82) is 0 Å². The van der Waals surface area contributed by atoms with Gasteiger partial charge in [-0.1, -0.05) is 102 Å². The van der Waals surface area contributed by atoms with Crippen molar-refractivity contribution in [1.82, 2.24) is 4.98 Å². The van der Waals surface area contributed by atoms with Gasteiger partial charge in [-0.25, -0.2) is 9.37 Å². The fraction of sp³-hybridized carbons (Fsp3) is 0.0714. The molecule has 0 atom stereocenters. The maximum atomic E-state index is 14.3. The van der Waals surface area contributed by atoms with Gasteiger partial charge in [0, 0.05) is 0 Å². The van der Waals surface area contributed by atoms with Crippen LogP contribution in [0.3, 0.4) is 0 Å². The molecule has 5 aromatic rings. The van der Waals surface area contributed by atoms with Gasteiger partial charge in [-0.05, 0) is 34.4 Å². The van der Waals surface area contributed by atoms with E-state index in [4.69, 9.17) is 0 Å². The number of thiazole rings is 1. The van der Waals surface area contributed by atoms with Crippen molar-refractivity contribution in [3.8, 4) is 11.1 Å². The van der Waals surface area contributed by atoms with Crippen LogP contribution in [0.15, 0.2) is 103 Å².